The lowest BCUT2D eigenvalue weighted by atomic mass is 10.1. The minimum atomic E-state index is -0.103. The molecule has 1 aromatic rings. The molecule has 1 heterocycles. The molecular formula is C8H16N6. The first-order valence-corrected chi connectivity index (χ1v) is 4.29. The quantitative estimate of drug-likeness (QED) is 0.407. The van der Waals surface area contributed by atoms with E-state index in [1.54, 1.807) is 0 Å². The maximum absolute atomic E-state index is 5.77. The molecule has 1 aromatic heterocycles. The van der Waals surface area contributed by atoms with Crippen LogP contribution in [0.25, 0.3) is 0 Å². The minimum absolute atomic E-state index is 0.103. The summed E-state index contributed by atoms with van der Waals surface area (Å²) < 4.78 is 0. The Labute approximate surface area is 83.1 Å². The Hall–Kier alpha value is -1.56. The summed E-state index contributed by atoms with van der Waals surface area (Å²) in [5, 5.41) is 3.15. The lowest BCUT2D eigenvalue weighted by molar-refractivity contribution is 0.630. The van der Waals surface area contributed by atoms with Gasteiger partial charge in [-0.15, -0.1) is 0 Å². The number of aromatic nitrogens is 2. The largest absolute Gasteiger partial charge is 0.393 e. The third kappa shape index (κ3) is 2.46. The Balaban J connectivity index is 2.98. The van der Waals surface area contributed by atoms with Gasteiger partial charge in [0.15, 0.2) is 11.6 Å². The number of nitrogens with one attached hydrogen (secondary N) is 2. The second kappa shape index (κ2) is 3.67. The number of nitrogen functional groups attached to an aromatic ring is 2. The molecule has 0 aromatic carbocycles. The summed E-state index contributed by atoms with van der Waals surface area (Å²) in [6.07, 6.45) is 1.40. The second-order valence-electron chi connectivity index (χ2n) is 4.00. The molecule has 14 heavy (non-hydrogen) atoms. The van der Waals surface area contributed by atoms with Gasteiger partial charge in [-0.25, -0.2) is 15.8 Å². The molecule has 78 valence electrons. The fourth-order valence-corrected chi connectivity index (χ4v) is 0.965. The Kier molecular flexibility index (Phi) is 2.76. The van der Waals surface area contributed by atoms with Crippen molar-refractivity contribution < 1.29 is 0 Å². The number of anilines is 3. The maximum Gasteiger partial charge on any atom is 0.168 e. The fourth-order valence-electron chi connectivity index (χ4n) is 0.965. The Morgan fingerprint density at radius 1 is 1.21 bits per heavy atom. The molecule has 0 aliphatic carbocycles. The van der Waals surface area contributed by atoms with Gasteiger partial charge in [0.1, 0.15) is 12.0 Å². The highest BCUT2D eigenvalue weighted by Crippen LogP contribution is 2.23. The summed E-state index contributed by atoms with van der Waals surface area (Å²) >= 11 is 0. The molecule has 0 atom stereocenters. The van der Waals surface area contributed by atoms with Crippen molar-refractivity contribution in [1.82, 2.24) is 9.97 Å². The summed E-state index contributed by atoms with van der Waals surface area (Å²) in [7, 11) is 0. The van der Waals surface area contributed by atoms with E-state index in [0.717, 1.165) is 0 Å². The number of rotatable bonds is 2. The van der Waals surface area contributed by atoms with Gasteiger partial charge in [-0.3, -0.25) is 0 Å². The first kappa shape index (κ1) is 10.5. The SMILES string of the molecule is CC(C)(C)Nc1ncnc(NN)c1N. The summed E-state index contributed by atoms with van der Waals surface area (Å²) in [5.41, 5.74) is 8.49. The second-order valence-corrected chi connectivity index (χ2v) is 4.00. The van der Waals surface area contributed by atoms with E-state index >= 15 is 0 Å². The number of hydrazine groups is 1. The molecule has 0 aliphatic heterocycles. The zero-order valence-corrected chi connectivity index (χ0v) is 8.63. The molecule has 6 nitrogen and oxygen atoms in total. The van der Waals surface area contributed by atoms with Gasteiger partial charge in [-0.1, -0.05) is 0 Å². The highest BCUT2D eigenvalue weighted by Gasteiger charge is 2.14. The van der Waals surface area contributed by atoms with Gasteiger partial charge in [0, 0.05) is 5.54 Å². The van der Waals surface area contributed by atoms with E-state index < -0.39 is 0 Å². The van der Waals surface area contributed by atoms with Crippen LogP contribution in [0.5, 0.6) is 0 Å². The molecule has 0 bridgehead atoms. The molecular weight excluding hydrogens is 180 g/mol. The molecule has 6 heteroatoms. The van der Waals surface area contributed by atoms with Gasteiger partial charge in [-0.05, 0) is 20.8 Å². The van der Waals surface area contributed by atoms with E-state index in [1.807, 2.05) is 20.8 Å². The van der Waals surface area contributed by atoms with Crippen LogP contribution < -0.4 is 22.3 Å². The molecule has 0 aliphatic rings. The number of nitrogens with two attached hydrogens (primary N) is 2. The van der Waals surface area contributed by atoms with Crippen LogP contribution in [0.1, 0.15) is 20.8 Å². The summed E-state index contributed by atoms with van der Waals surface area (Å²) in [6, 6.07) is 0. The van der Waals surface area contributed by atoms with Gasteiger partial charge in [0.05, 0.1) is 0 Å². The van der Waals surface area contributed by atoms with Crippen LogP contribution in [0.15, 0.2) is 6.33 Å². The van der Waals surface area contributed by atoms with Crippen LogP contribution in [0, 0.1) is 0 Å². The molecule has 0 fully saturated rings. The average molecular weight is 196 g/mol. The predicted molar refractivity (Wildman–Crippen MR) is 57.6 cm³/mol. The third-order valence-electron chi connectivity index (χ3n) is 1.51. The van der Waals surface area contributed by atoms with Crippen LogP contribution in [0.4, 0.5) is 17.3 Å². The van der Waals surface area contributed by atoms with E-state index in [2.05, 4.69) is 20.7 Å². The topological polar surface area (TPSA) is 102 Å². The van der Waals surface area contributed by atoms with Crippen molar-refractivity contribution in [1.29, 1.82) is 0 Å². The van der Waals surface area contributed by atoms with Crippen LogP contribution in [-0.4, -0.2) is 15.5 Å². The van der Waals surface area contributed by atoms with Crippen molar-refractivity contribution in [3.8, 4) is 0 Å². The van der Waals surface area contributed by atoms with Gasteiger partial charge in [0.2, 0.25) is 0 Å². The standard InChI is InChI=1S/C8H16N6/c1-8(2,3)13-6-5(9)7(14-10)12-4-11-6/h4H,9-10H2,1-3H3,(H2,11,12,13,14). The summed E-state index contributed by atoms with van der Waals surface area (Å²) in [5.74, 6) is 6.24. The average Bonchev–Trinajstić information content (AvgIpc) is 2.06. The Bertz CT molecular complexity index is 316. The van der Waals surface area contributed by atoms with E-state index in [1.165, 1.54) is 6.33 Å². The van der Waals surface area contributed by atoms with Crippen LogP contribution in [0.2, 0.25) is 0 Å². The molecule has 0 saturated heterocycles. The monoisotopic (exact) mass is 196 g/mol. The van der Waals surface area contributed by atoms with Crippen molar-refractivity contribution in [2.45, 2.75) is 26.3 Å². The Morgan fingerprint density at radius 3 is 2.29 bits per heavy atom. The predicted octanol–water partition coefficient (Wildman–Crippen LogP) is 0.555. The fraction of sp³-hybridized carbons (Fsp3) is 0.500. The van der Waals surface area contributed by atoms with Gasteiger partial charge in [0.25, 0.3) is 0 Å². The van der Waals surface area contributed by atoms with Crippen molar-refractivity contribution in [2.75, 3.05) is 16.5 Å². The normalized spacial score (nSPS) is 11.1. The minimum Gasteiger partial charge on any atom is -0.393 e. The third-order valence-corrected chi connectivity index (χ3v) is 1.51. The van der Waals surface area contributed by atoms with Crippen LogP contribution in [0.3, 0.4) is 0 Å². The zero-order chi connectivity index (χ0) is 10.8. The van der Waals surface area contributed by atoms with E-state index in [4.69, 9.17) is 11.6 Å². The van der Waals surface area contributed by atoms with Crippen LogP contribution >= 0.6 is 0 Å². The number of hydrogen-bond acceptors (Lipinski definition) is 6. The molecule has 1 rings (SSSR count). The lowest BCUT2D eigenvalue weighted by Gasteiger charge is -2.22. The maximum atomic E-state index is 5.77. The van der Waals surface area contributed by atoms with E-state index in [0.29, 0.717) is 17.3 Å². The first-order valence-electron chi connectivity index (χ1n) is 4.29. The van der Waals surface area contributed by atoms with Gasteiger partial charge < -0.3 is 16.5 Å². The first-order chi connectivity index (χ1) is 6.44. The molecule has 0 spiro atoms. The van der Waals surface area contributed by atoms with E-state index in [-0.39, 0.29) is 5.54 Å². The summed E-state index contributed by atoms with van der Waals surface area (Å²) in [6.45, 7) is 6.05. The molecule has 0 radical (unpaired) electrons. The highest BCUT2D eigenvalue weighted by atomic mass is 15.3. The smallest absolute Gasteiger partial charge is 0.168 e. The van der Waals surface area contributed by atoms with Crippen molar-refractivity contribution in [2.24, 2.45) is 5.84 Å². The number of nitrogens with zero attached hydrogens (tertiary/aromatic N) is 2. The number of hydrogen-bond donors (Lipinski definition) is 4. The highest BCUT2D eigenvalue weighted by molar-refractivity contribution is 5.73. The molecule has 0 saturated carbocycles. The van der Waals surface area contributed by atoms with E-state index in [9.17, 15) is 0 Å². The van der Waals surface area contributed by atoms with Crippen LogP contribution in [-0.2, 0) is 0 Å². The van der Waals surface area contributed by atoms with Gasteiger partial charge in [-0.2, -0.15) is 0 Å². The van der Waals surface area contributed by atoms with Crippen molar-refractivity contribution in [3.05, 3.63) is 6.33 Å². The summed E-state index contributed by atoms with van der Waals surface area (Å²) in [4.78, 5) is 7.90. The lowest BCUT2D eigenvalue weighted by Crippen LogP contribution is -2.27. The zero-order valence-electron chi connectivity index (χ0n) is 8.63. The Morgan fingerprint density at radius 2 is 1.79 bits per heavy atom. The molecule has 0 unspecified atom stereocenters. The van der Waals surface area contributed by atoms with Crippen molar-refractivity contribution in [3.63, 3.8) is 0 Å². The molecule has 6 N–H and O–H groups in total. The van der Waals surface area contributed by atoms with Gasteiger partial charge >= 0.3 is 0 Å². The molecule has 0 amide bonds. The van der Waals surface area contributed by atoms with Crippen molar-refractivity contribution >= 4 is 17.3 Å².